The minimum atomic E-state index is -2.63. The lowest BCUT2D eigenvalue weighted by Crippen LogP contribution is -2.33. The van der Waals surface area contributed by atoms with Gasteiger partial charge < -0.3 is 20.7 Å². The van der Waals surface area contributed by atoms with Gasteiger partial charge in [-0.05, 0) is 24.0 Å². The van der Waals surface area contributed by atoms with Gasteiger partial charge in [0.25, 0.3) is 0 Å². The molecule has 82 valence electrons. The predicted octanol–water partition coefficient (Wildman–Crippen LogP) is 0.141. The summed E-state index contributed by atoms with van der Waals surface area (Å²) in [7, 11) is 0.957. The van der Waals surface area contributed by atoms with Crippen LogP contribution in [0.15, 0.2) is 18.1 Å². The third kappa shape index (κ3) is 2.85. The molecular formula is C10H13NO4. The van der Waals surface area contributed by atoms with E-state index >= 15 is 0 Å². The molecule has 4 N–H and O–H groups in total. The lowest BCUT2D eigenvalue weighted by atomic mass is 10.1. The molecule has 1 aromatic rings. The summed E-state index contributed by atoms with van der Waals surface area (Å²) in [4.78, 5) is 11.4. The molecule has 0 bridgehead atoms. The molecule has 0 aromatic heterocycles. The second kappa shape index (κ2) is 4.65. The van der Waals surface area contributed by atoms with Gasteiger partial charge in [-0.15, -0.1) is 0 Å². The summed E-state index contributed by atoms with van der Waals surface area (Å²) in [5.74, 6) is -3.27. The largest absolute Gasteiger partial charge is 0.504 e. The summed E-state index contributed by atoms with van der Waals surface area (Å²) < 4.78 is 42.2. The Morgan fingerprint density at radius 3 is 3.00 bits per heavy atom. The van der Waals surface area contributed by atoms with Crippen LogP contribution in [0.2, 0.25) is 0 Å². The summed E-state index contributed by atoms with van der Waals surface area (Å²) >= 11 is 0. The lowest BCUT2D eigenvalue weighted by Gasteiger charge is -2.09. The molecule has 0 saturated carbocycles. The molecule has 5 nitrogen and oxygen atoms in total. The Morgan fingerprint density at radius 2 is 2.40 bits per heavy atom. The van der Waals surface area contributed by atoms with Crippen LogP contribution in [-0.2, 0) is 15.9 Å². The third-order valence-electron chi connectivity index (χ3n) is 1.51. The maximum Gasteiger partial charge on any atom is 0.322 e. The Balaban J connectivity index is 3.52. The number of aromatic hydroxyl groups is 2. The predicted molar refractivity (Wildman–Crippen MR) is 53.5 cm³/mol. The topological polar surface area (TPSA) is 92.8 Å². The molecule has 0 aliphatic carbocycles. The Bertz CT molecular complexity index is 534. The van der Waals surface area contributed by atoms with Gasteiger partial charge in [0.2, 0.25) is 0 Å². The Kier molecular flexibility index (Phi) is 1.85. The van der Waals surface area contributed by atoms with E-state index in [1.165, 1.54) is 0 Å². The number of rotatable bonds is 3. The first-order chi connectivity index (χ1) is 9.07. The van der Waals surface area contributed by atoms with Gasteiger partial charge >= 0.3 is 5.97 Å². The van der Waals surface area contributed by atoms with E-state index in [0.717, 1.165) is 7.11 Å². The molecule has 0 fully saturated rings. The normalized spacial score (nSPS) is 21.1. The average molecular weight is 216 g/mol. The minimum Gasteiger partial charge on any atom is -0.504 e. The first-order valence-electron chi connectivity index (χ1n) is 6.46. The summed E-state index contributed by atoms with van der Waals surface area (Å²) in [6, 6.07) is -5.06. The van der Waals surface area contributed by atoms with Gasteiger partial charge in [-0.3, -0.25) is 4.79 Å². The molecule has 0 unspecified atom stereocenters. The van der Waals surface area contributed by atoms with Crippen molar-refractivity contribution in [2.75, 3.05) is 7.11 Å². The third-order valence-corrected chi connectivity index (χ3v) is 1.51. The number of phenolic OH excluding ortho intramolecular Hbond substituents is 2. The monoisotopic (exact) mass is 216 g/mol. The number of nitrogens with two attached hydrogens (primary N) is 1. The van der Waals surface area contributed by atoms with Crippen LogP contribution in [0, 0.1) is 0 Å². The molecule has 0 aliphatic rings. The van der Waals surface area contributed by atoms with Crippen molar-refractivity contribution in [1.82, 2.24) is 0 Å². The van der Waals surface area contributed by atoms with Crippen LogP contribution in [0.3, 0.4) is 0 Å². The van der Waals surface area contributed by atoms with Crippen LogP contribution < -0.4 is 5.73 Å². The zero-order chi connectivity index (χ0) is 15.8. The fraction of sp³-hybridized carbons (Fsp3) is 0.300. The van der Waals surface area contributed by atoms with Crippen LogP contribution in [0.4, 0.5) is 0 Å². The standard InChI is InChI=1S/C10H13NO4/c1-15-10(14)7(11)4-6-2-3-8(12)9(13)5-6/h2-3,5,7,12-13H,4,11H2,1H3/t7-/m1/s1/i2D,3D,4D,5D,7D/t4-,7-. The molecule has 0 saturated heterocycles. The molecule has 15 heavy (non-hydrogen) atoms. The van der Waals surface area contributed by atoms with Crippen LogP contribution in [0.1, 0.15) is 12.4 Å². The Hall–Kier alpha value is -1.75. The highest BCUT2D eigenvalue weighted by atomic mass is 16.5. The van der Waals surface area contributed by atoms with Gasteiger partial charge in [-0.25, -0.2) is 0 Å². The summed E-state index contributed by atoms with van der Waals surface area (Å²) in [5, 5.41) is 18.8. The molecule has 1 rings (SSSR count). The highest BCUT2D eigenvalue weighted by Gasteiger charge is 2.14. The van der Waals surface area contributed by atoms with Crippen molar-refractivity contribution in [1.29, 1.82) is 0 Å². The number of carbonyl (C=O) groups excluding carboxylic acids is 1. The second-order valence-corrected chi connectivity index (χ2v) is 2.58. The van der Waals surface area contributed by atoms with Crippen LogP contribution in [0.5, 0.6) is 11.5 Å². The van der Waals surface area contributed by atoms with E-state index in [1.807, 2.05) is 0 Å². The van der Waals surface area contributed by atoms with Crippen LogP contribution >= 0.6 is 0 Å². The quantitative estimate of drug-likeness (QED) is 0.493. The number of carbonyl (C=O) groups is 1. The highest BCUT2D eigenvalue weighted by Crippen LogP contribution is 2.25. The SMILES string of the molecule is [2H]c1c([2H])c([C@@H]([2H])[C@@]([2H])(N)C(=O)OC)c([2H])c(O)c1O. The molecule has 0 heterocycles. The zero-order valence-corrected chi connectivity index (χ0v) is 7.87. The van der Waals surface area contributed by atoms with Gasteiger partial charge in [-0.2, -0.15) is 0 Å². The number of phenols is 2. The van der Waals surface area contributed by atoms with Gasteiger partial charge in [0.1, 0.15) is 6.02 Å². The molecule has 2 atom stereocenters. The first-order valence-corrected chi connectivity index (χ1v) is 3.88. The molecule has 0 amide bonds. The van der Waals surface area contributed by atoms with Crippen molar-refractivity contribution < 1.29 is 26.6 Å². The number of methoxy groups -OCH3 is 1. The van der Waals surface area contributed by atoms with E-state index < -0.39 is 53.6 Å². The summed E-state index contributed by atoms with van der Waals surface area (Å²) in [5.41, 5.74) is 4.74. The van der Waals surface area contributed by atoms with E-state index in [0.29, 0.717) is 0 Å². The first kappa shape index (κ1) is 5.97. The Labute approximate surface area is 94.1 Å². The molecule has 0 radical (unpaired) electrons. The molecular weight excluding hydrogens is 198 g/mol. The number of hydrogen-bond donors (Lipinski definition) is 3. The van der Waals surface area contributed by atoms with E-state index in [9.17, 15) is 15.0 Å². The van der Waals surface area contributed by atoms with Crippen molar-refractivity contribution in [3.8, 4) is 11.5 Å². The van der Waals surface area contributed by atoms with Gasteiger partial charge in [0, 0.05) is 1.37 Å². The smallest absolute Gasteiger partial charge is 0.322 e. The van der Waals surface area contributed by atoms with Gasteiger partial charge in [-0.1, -0.05) is 6.04 Å². The van der Waals surface area contributed by atoms with Crippen molar-refractivity contribution >= 4 is 5.97 Å². The molecule has 0 spiro atoms. The fourth-order valence-electron chi connectivity index (χ4n) is 0.808. The number of benzene rings is 1. The summed E-state index contributed by atoms with van der Waals surface area (Å²) in [6.45, 7) is 0. The molecule has 0 aliphatic heterocycles. The van der Waals surface area contributed by atoms with Gasteiger partial charge in [0.15, 0.2) is 11.5 Å². The zero-order valence-electron chi connectivity index (χ0n) is 12.9. The van der Waals surface area contributed by atoms with Crippen LogP contribution in [0.25, 0.3) is 0 Å². The minimum absolute atomic E-state index is 0.617. The van der Waals surface area contributed by atoms with E-state index in [1.54, 1.807) is 0 Å². The Morgan fingerprint density at radius 1 is 1.73 bits per heavy atom. The lowest BCUT2D eigenvalue weighted by molar-refractivity contribution is -0.142. The maximum atomic E-state index is 11.4. The van der Waals surface area contributed by atoms with Crippen molar-refractivity contribution in [2.24, 2.45) is 5.73 Å². The number of ether oxygens (including phenoxy) is 1. The molecule has 5 heteroatoms. The van der Waals surface area contributed by atoms with Gasteiger partial charge in [0.05, 0.1) is 12.6 Å². The molecule has 1 aromatic carbocycles. The maximum absolute atomic E-state index is 11.4. The van der Waals surface area contributed by atoms with Crippen molar-refractivity contribution in [2.45, 2.75) is 12.4 Å². The van der Waals surface area contributed by atoms with Crippen LogP contribution in [-0.4, -0.2) is 29.3 Å². The van der Waals surface area contributed by atoms with Crippen molar-refractivity contribution in [3.63, 3.8) is 0 Å². The van der Waals surface area contributed by atoms with E-state index in [2.05, 4.69) is 4.74 Å². The average Bonchev–Trinajstić information content (AvgIpc) is 2.41. The number of esters is 1. The number of hydrogen-bond acceptors (Lipinski definition) is 5. The second-order valence-electron chi connectivity index (χ2n) is 2.58. The summed E-state index contributed by atoms with van der Waals surface area (Å²) in [6.07, 6.45) is -1.95. The highest BCUT2D eigenvalue weighted by molar-refractivity contribution is 5.75. The van der Waals surface area contributed by atoms with E-state index in [4.69, 9.17) is 12.6 Å². The van der Waals surface area contributed by atoms with Crippen molar-refractivity contribution in [3.05, 3.63) is 23.7 Å². The fourth-order valence-corrected chi connectivity index (χ4v) is 0.808. The van der Waals surface area contributed by atoms with E-state index in [-0.39, 0.29) is 0 Å².